The van der Waals surface area contributed by atoms with E-state index in [1.54, 1.807) is 6.20 Å². The predicted octanol–water partition coefficient (Wildman–Crippen LogP) is 11.7. The van der Waals surface area contributed by atoms with Crippen molar-refractivity contribution in [3.63, 3.8) is 0 Å². The van der Waals surface area contributed by atoms with Crippen LogP contribution >= 0.6 is 0 Å². The molecule has 4 heterocycles. The first-order chi connectivity index (χ1) is 26.2. The molecule has 56 heavy (non-hydrogen) atoms. The number of benzene rings is 4. The Bertz CT molecular complexity index is 2500. The molecule has 0 N–H and O–H groups in total. The number of fused-ring (bicyclic) bond motifs is 5. The summed E-state index contributed by atoms with van der Waals surface area (Å²) in [6.07, 6.45) is 4.49. The van der Waals surface area contributed by atoms with Crippen molar-refractivity contribution >= 4 is 23.1 Å². The van der Waals surface area contributed by atoms with Crippen LogP contribution in [-0.2, 0) is 48.5 Å². The summed E-state index contributed by atoms with van der Waals surface area (Å²) in [5.41, 5.74) is 11.7. The molecule has 0 bridgehead atoms. The van der Waals surface area contributed by atoms with E-state index in [9.17, 15) is 0 Å². The molecule has 2 aliphatic heterocycles. The van der Waals surface area contributed by atoms with E-state index in [0.717, 1.165) is 46.0 Å². The van der Waals surface area contributed by atoms with Gasteiger partial charge in [0.2, 0.25) is 0 Å². The van der Waals surface area contributed by atoms with E-state index >= 15 is 0 Å². The molecule has 0 fully saturated rings. The van der Waals surface area contributed by atoms with Gasteiger partial charge in [0.25, 0.3) is 0 Å². The molecule has 0 unspecified atom stereocenters. The third-order valence-electron chi connectivity index (χ3n) is 11.3. The summed E-state index contributed by atoms with van der Waals surface area (Å²) >= 11 is 0. The van der Waals surface area contributed by atoms with Crippen molar-refractivity contribution in [2.45, 2.75) is 90.2 Å². The molecule has 7 heteroatoms. The SMILES string of the molecule is CC(C)(C)c1ccnc(N2c3[c-]c(Oc4[c-]c(C5=N[C@@H]6c7ccc(C(C)(C)C)cc7C[C@@H]6O5)cc(-c5ccccn5)c4)ccc3C(C)(C)c3ccccc32)c1.[Pt+2]. The maximum atomic E-state index is 6.72. The van der Waals surface area contributed by atoms with Crippen molar-refractivity contribution in [3.05, 3.63) is 161 Å². The van der Waals surface area contributed by atoms with Gasteiger partial charge in [-0.15, -0.1) is 23.8 Å². The van der Waals surface area contributed by atoms with Crippen LogP contribution in [0, 0.1) is 12.1 Å². The standard InChI is InChI=1S/C49H46N4O2.Pt/c1-47(2,3)33-16-18-37-30(24-33)27-43-45(37)52-46(55-43)32-23-31(40-14-11-12-21-50-40)25-36(26-32)54-35-17-19-39-42(29-35)53(41-15-10-9-13-38(41)49(39,7)8)44-28-34(20-22-51-44)48(4,5)6;/h9-25,28,43,45H,27H2,1-8H3;/q-2;+2/t43-,45+;/m0./s1. The first-order valence-electron chi connectivity index (χ1n) is 19.2. The van der Waals surface area contributed by atoms with E-state index in [1.165, 1.54) is 27.8 Å². The molecular formula is C49H46N4O2Pt. The van der Waals surface area contributed by atoms with Crippen LogP contribution < -0.4 is 9.64 Å². The van der Waals surface area contributed by atoms with Gasteiger partial charge in [0.15, 0.2) is 0 Å². The van der Waals surface area contributed by atoms with Gasteiger partial charge in [-0.05, 0) is 74.4 Å². The Labute approximate surface area is 345 Å². The van der Waals surface area contributed by atoms with Gasteiger partial charge in [0, 0.05) is 36.0 Å². The minimum atomic E-state index is -0.278. The van der Waals surface area contributed by atoms with Crippen molar-refractivity contribution in [3.8, 4) is 22.8 Å². The van der Waals surface area contributed by atoms with E-state index in [4.69, 9.17) is 19.5 Å². The van der Waals surface area contributed by atoms with Gasteiger partial charge >= 0.3 is 21.1 Å². The van der Waals surface area contributed by atoms with E-state index in [1.807, 2.05) is 42.6 Å². The smallest absolute Gasteiger partial charge is 0.514 e. The van der Waals surface area contributed by atoms with Crippen LogP contribution in [-0.4, -0.2) is 22.0 Å². The quantitative estimate of drug-likeness (QED) is 0.161. The molecule has 0 saturated carbocycles. The average molecular weight is 918 g/mol. The van der Waals surface area contributed by atoms with Crippen molar-refractivity contribution in [1.82, 2.24) is 9.97 Å². The van der Waals surface area contributed by atoms with Gasteiger partial charge in [0.05, 0.1) is 5.69 Å². The van der Waals surface area contributed by atoms with Crippen molar-refractivity contribution in [2.24, 2.45) is 4.99 Å². The van der Waals surface area contributed by atoms with Crippen molar-refractivity contribution in [1.29, 1.82) is 0 Å². The Morgan fingerprint density at radius 3 is 2.29 bits per heavy atom. The van der Waals surface area contributed by atoms with Gasteiger partial charge in [-0.1, -0.05) is 127 Å². The molecule has 3 aliphatic rings. The monoisotopic (exact) mass is 917 g/mol. The minimum Gasteiger partial charge on any atom is -0.514 e. The fourth-order valence-corrected chi connectivity index (χ4v) is 8.18. The Kier molecular flexibility index (Phi) is 9.36. The number of nitrogens with zero attached hydrogens (tertiary/aromatic N) is 4. The summed E-state index contributed by atoms with van der Waals surface area (Å²) in [4.78, 5) is 17.0. The largest absolute Gasteiger partial charge is 2.00 e. The molecular weight excluding hydrogens is 872 g/mol. The van der Waals surface area contributed by atoms with Gasteiger partial charge < -0.3 is 14.4 Å². The second-order valence-electron chi connectivity index (χ2n) is 17.6. The van der Waals surface area contributed by atoms with Crippen LogP contribution in [0.1, 0.15) is 100 Å². The van der Waals surface area contributed by atoms with Gasteiger partial charge in [-0.3, -0.25) is 9.98 Å². The van der Waals surface area contributed by atoms with Crippen LogP contribution in [0.25, 0.3) is 11.3 Å². The summed E-state index contributed by atoms with van der Waals surface area (Å²) in [7, 11) is 0. The fourth-order valence-electron chi connectivity index (χ4n) is 8.18. The van der Waals surface area contributed by atoms with Gasteiger partial charge in [-0.2, -0.15) is 6.07 Å². The van der Waals surface area contributed by atoms with Gasteiger partial charge in [-0.25, -0.2) is 4.98 Å². The normalized spacial score (nSPS) is 17.8. The average Bonchev–Trinajstić information content (AvgIpc) is 3.73. The zero-order valence-electron chi connectivity index (χ0n) is 33.2. The Hall–Kier alpha value is -5.06. The fraction of sp³-hybridized carbons (Fsp3) is 0.286. The number of anilines is 3. The molecule has 0 radical (unpaired) electrons. The van der Waals surface area contributed by atoms with Crippen LogP contribution in [0.4, 0.5) is 17.2 Å². The second kappa shape index (κ2) is 13.8. The first kappa shape index (κ1) is 37.8. The van der Waals surface area contributed by atoms with Crippen LogP contribution in [0.5, 0.6) is 11.5 Å². The van der Waals surface area contributed by atoms with E-state index in [0.29, 0.717) is 17.4 Å². The number of rotatable bonds is 5. The number of hydrogen-bond donors (Lipinski definition) is 0. The van der Waals surface area contributed by atoms with Crippen LogP contribution in [0.3, 0.4) is 0 Å². The second-order valence-corrected chi connectivity index (χ2v) is 17.6. The van der Waals surface area contributed by atoms with Crippen LogP contribution in [0.15, 0.2) is 114 Å². The molecule has 2 aromatic heterocycles. The number of para-hydroxylation sites is 1. The summed E-state index contributed by atoms with van der Waals surface area (Å²) in [6, 6.07) is 40.9. The maximum absolute atomic E-state index is 6.72. The zero-order valence-corrected chi connectivity index (χ0v) is 35.4. The summed E-state index contributed by atoms with van der Waals surface area (Å²) in [5.74, 6) is 2.52. The summed E-state index contributed by atoms with van der Waals surface area (Å²) < 4.78 is 13.3. The molecule has 1 aliphatic carbocycles. The predicted molar refractivity (Wildman–Crippen MR) is 220 cm³/mol. The summed E-state index contributed by atoms with van der Waals surface area (Å²) in [6.45, 7) is 18.0. The molecule has 0 spiro atoms. The number of aromatic nitrogens is 2. The molecule has 284 valence electrons. The van der Waals surface area contributed by atoms with E-state index < -0.39 is 0 Å². The number of ether oxygens (including phenoxy) is 2. The molecule has 9 rings (SSSR count). The Balaban J connectivity index is 0.00000441. The third-order valence-corrected chi connectivity index (χ3v) is 11.3. The Morgan fingerprint density at radius 2 is 1.52 bits per heavy atom. The van der Waals surface area contributed by atoms with Crippen molar-refractivity contribution in [2.75, 3.05) is 4.90 Å². The zero-order chi connectivity index (χ0) is 38.3. The number of aliphatic imine (C=N–C) groups is 1. The number of hydrogen-bond acceptors (Lipinski definition) is 6. The third kappa shape index (κ3) is 6.66. The summed E-state index contributed by atoms with van der Waals surface area (Å²) in [5, 5.41) is 0. The minimum absolute atomic E-state index is 0. The molecule has 0 saturated heterocycles. The molecule has 0 amide bonds. The Morgan fingerprint density at radius 1 is 0.750 bits per heavy atom. The van der Waals surface area contributed by atoms with E-state index in [2.05, 4.69) is 138 Å². The number of pyridine rings is 2. The van der Waals surface area contributed by atoms with E-state index in [-0.39, 0.29) is 49.5 Å². The first-order valence-corrected chi connectivity index (χ1v) is 19.2. The topological polar surface area (TPSA) is 59.8 Å². The van der Waals surface area contributed by atoms with Crippen molar-refractivity contribution < 1.29 is 30.5 Å². The molecule has 2 atom stereocenters. The molecule has 4 aromatic carbocycles. The maximum Gasteiger partial charge on any atom is 2.00 e. The van der Waals surface area contributed by atoms with Gasteiger partial charge in [0.1, 0.15) is 23.9 Å². The molecule has 6 nitrogen and oxygen atoms in total. The van der Waals surface area contributed by atoms with Crippen LogP contribution in [0.2, 0.25) is 0 Å². The molecule has 6 aromatic rings.